The van der Waals surface area contributed by atoms with Crippen LogP contribution in [0.5, 0.6) is 0 Å². The van der Waals surface area contributed by atoms with Crippen LogP contribution >= 0.6 is 0 Å². The van der Waals surface area contributed by atoms with Crippen LogP contribution < -0.4 is 0 Å². The van der Waals surface area contributed by atoms with Crippen LogP contribution in [0, 0.1) is 0 Å². The van der Waals surface area contributed by atoms with Crippen molar-refractivity contribution in [3.63, 3.8) is 0 Å². The number of carboxylic acid groups (broad SMARTS) is 1. The lowest BCUT2D eigenvalue weighted by atomic mass is 10.0. The van der Waals surface area contributed by atoms with Gasteiger partial charge in [-0.3, -0.25) is 4.79 Å². The molecule has 0 heterocycles. The molecule has 30 heavy (non-hydrogen) atoms. The molecular formula is C27H54O3. The van der Waals surface area contributed by atoms with Gasteiger partial charge >= 0.3 is 5.97 Å². The van der Waals surface area contributed by atoms with Crippen LogP contribution in [0.4, 0.5) is 0 Å². The molecular weight excluding hydrogens is 372 g/mol. The first-order valence-corrected chi connectivity index (χ1v) is 13.6. The quantitative estimate of drug-likeness (QED) is 0.143. The Bertz CT molecular complexity index is 343. The van der Waals surface area contributed by atoms with Gasteiger partial charge in [-0.25, -0.2) is 0 Å². The molecule has 0 bridgehead atoms. The molecule has 1 atom stereocenters. The average molecular weight is 427 g/mol. The fourth-order valence-corrected chi connectivity index (χ4v) is 4.26. The largest absolute Gasteiger partial charge is 0.481 e. The fourth-order valence-electron chi connectivity index (χ4n) is 4.26. The van der Waals surface area contributed by atoms with Crippen molar-refractivity contribution in [2.45, 2.75) is 167 Å². The summed E-state index contributed by atoms with van der Waals surface area (Å²) >= 11 is 0. The number of unbranched alkanes of at least 4 members (excludes halogenated alkanes) is 19. The van der Waals surface area contributed by atoms with Gasteiger partial charge in [-0.05, 0) is 19.3 Å². The predicted octanol–water partition coefficient (Wildman–Crippen LogP) is 8.81. The molecule has 0 aromatic heterocycles. The van der Waals surface area contributed by atoms with Crippen LogP contribution in [0.3, 0.4) is 0 Å². The SMILES string of the molecule is CCCCCCCCCCCCCCCCCCCC(O)CCCCCCC(=O)O. The van der Waals surface area contributed by atoms with Crippen molar-refractivity contribution in [1.29, 1.82) is 0 Å². The maximum absolute atomic E-state index is 10.4. The number of carboxylic acids is 1. The van der Waals surface area contributed by atoms with Gasteiger partial charge in [-0.15, -0.1) is 0 Å². The Balaban J connectivity index is 3.12. The second-order valence-electron chi connectivity index (χ2n) is 9.45. The average Bonchev–Trinajstić information content (AvgIpc) is 2.72. The first-order chi connectivity index (χ1) is 14.7. The van der Waals surface area contributed by atoms with E-state index in [0.29, 0.717) is 0 Å². The molecule has 0 rings (SSSR count). The zero-order valence-electron chi connectivity index (χ0n) is 20.4. The number of rotatable bonds is 25. The summed E-state index contributed by atoms with van der Waals surface area (Å²) in [4.78, 5) is 10.4. The Kier molecular flexibility index (Phi) is 24.2. The minimum Gasteiger partial charge on any atom is -0.481 e. The highest BCUT2D eigenvalue weighted by Crippen LogP contribution is 2.16. The van der Waals surface area contributed by atoms with Gasteiger partial charge in [0.25, 0.3) is 0 Å². The van der Waals surface area contributed by atoms with E-state index in [0.717, 1.165) is 44.9 Å². The molecule has 0 aliphatic rings. The molecule has 0 fully saturated rings. The molecule has 0 spiro atoms. The number of hydrogen-bond acceptors (Lipinski definition) is 2. The van der Waals surface area contributed by atoms with Crippen LogP contribution in [0.25, 0.3) is 0 Å². The van der Waals surface area contributed by atoms with Gasteiger partial charge < -0.3 is 10.2 Å². The lowest BCUT2D eigenvalue weighted by molar-refractivity contribution is -0.137. The Hall–Kier alpha value is -0.570. The van der Waals surface area contributed by atoms with Crippen molar-refractivity contribution in [1.82, 2.24) is 0 Å². The summed E-state index contributed by atoms with van der Waals surface area (Å²) in [5.74, 6) is -0.700. The van der Waals surface area contributed by atoms with E-state index < -0.39 is 5.97 Å². The van der Waals surface area contributed by atoms with Crippen molar-refractivity contribution in [2.24, 2.45) is 0 Å². The maximum Gasteiger partial charge on any atom is 0.303 e. The summed E-state index contributed by atoms with van der Waals surface area (Å²) in [5, 5.41) is 18.6. The predicted molar refractivity (Wildman–Crippen MR) is 130 cm³/mol. The van der Waals surface area contributed by atoms with E-state index in [-0.39, 0.29) is 12.5 Å². The van der Waals surface area contributed by atoms with Crippen molar-refractivity contribution in [3.8, 4) is 0 Å². The summed E-state index contributed by atoms with van der Waals surface area (Å²) in [6.07, 6.45) is 29.4. The molecule has 0 radical (unpaired) electrons. The van der Waals surface area contributed by atoms with Gasteiger partial charge in [0.1, 0.15) is 0 Å². The maximum atomic E-state index is 10.4. The second kappa shape index (κ2) is 24.7. The van der Waals surface area contributed by atoms with Gasteiger partial charge in [-0.2, -0.15) is 0 Å². The number of aliphatic hydroxyl groups is 1. The summed E-state index contributed by atoms with van der Waals surface area (Å²) in [7, 11) is 0. The molecule has 180 valence electrons. The molecule has 0 aromatic carbocycles. The number of hydrogen-bond donors (Lipinski definition) is 2. The molecule has 0 saturated carbocycles. The standard InChI is InChI=1S/C27H54O3/c1-2-3-4-5-6-7-8-9-10-11-12-13-14-15-16-17-20-23-26(28)24-21-18-19-22-25-27(29)30/h26,28H,2-25H2,1H3,(H,29,30). The third-order valence-corrected chi connectivity index (χ3v) is 6.32. The molecule has 0 saturated heterocycles. The van der Waals surface area contributed by atoms with Crippen LogP contribution in [0.1, 0.15) is 161 Å². The third-order valence-electron chi connectivity index (χ3n) is 6.32. The first-order valence-electron chi connectivity index (χ1n) is 13.6. The van der Waals surface area contributed by atoms with E-state index in [9.17, 15) is 9.90 Å². The van der Waals surface area contributed by atoms with Crippen LogP contribution in [-0.2, 0) is 4.79 Å². The molecule has 2 N–H and O–H groups in total. The highest BCUT2D eigenvalue weighted by Gasteiger charge is 2.04. The summed E-state index contributed by atoms with van der Waals surface area (Å²) in [6.45, 7) is 2.28. The van der Waals surface area contributed by atoms with Crippen molar-refractivity contribution < 1.29 is 15.0 Å². The zero-order chi connectivity index (χ0) is 22.1. The van der Waals surface area contributed by atoms with E-state index in [2.05, 4.69) is 6.92 Å². The topological polar surface area (TPSA) is 57.5 Å². The molecule has 0 aliphatic heterocycles. The smallest absolute Gasteiger partial charge is 0.303 e. The molecule has 3 nitrogen and oxygen atoms in total. The minimum atomic E-state index is -0.700. The highest BCUT2D eigenvalue weighted by molar-refractivity contribution is 5.66. The van der Waals surface area contributed by atoms with E-state index in [1.807, 2.05) is 0 Å². The molecule has 1 unspecified atom stereocenters. The summed E-state index contributed by atoms with van der Waals surface area (Å²) < 4.78 is 0. The monoisotopic (exact) mass is 426 g/mol. The summed E-state index contributed by atoms with van der Waals surface area (Å²) in [6, 6.07) is 0. The fraction of sp³-hybridized carbons (Fsp3) is 0.963. The Morgan fingerprint density at radius 3 is 1.17 bits per heavy atom. The van der Waals surface area contributed by atoms with E-state index in [4.69, 9.17) is 5.11 Å². The van der Waals surface area contributed by atoms with E-state index >= 15 is 0 Å². The number of aliphatic carboxylic acids is 1. The van der Waals surface area contributed by atoms with Gasteiger partial charge in [0, 0.05) is 6.42 Å². The lowest BCUT2D eigenvalue weighted by Crippen LogP contribution is -2.06. The van der Waals surface area contributed by atoms with Crippen molar-refractivity contribution in [2.75, 3.05) is 0 Å². The molecule has 3 heteroatoms. The minimum absolute atomic E-state index is 0.152. The molecule has 0 aromatic rings. The third kappa shape index (κ3) is 25.5. The van der Waals surface area contributed by atoms with Gasteiger partial charge in [0.2, 0.25) is 0 Å². The highest BCUT2D eigenvalue weighted by atomic mass is 16.4. The molecule has 0 amide bonds. The van der Waals surface area contributed by atoms with E-state index in [1.54, 1.807) is 0 Å². The number of aliphatic hydroxyl groups excluding tert-OH is 1. The van der Waals surface area contributed by atoms with E-state index in [1.165, 1.54) is 103 Å². The lowest BCUT2D eigenvalue weighted by Gasteiger charge is -2.10. The van der Waals surface area contributed by atoms with Crippen LogP contribution in [0.15, 0.2) is 0 Å². The first kappa shape index (κ1) is 29.4. The Labute approximate surface area is 188 Å². The van der Waals surface area contributed by atoms with Gasteiger partial charge in [0.05, 0.1) is 6.10 Å². The zero-order valence-corrected chi connectivity index (χ0v) is 20.4. The van der Waals surface area contributed by atoms with Crippen molar-refractivity contribution >= 4 is 5.97 Å². The van der Waals surface area contributed by atoms with Crippen LogP contribution in [-0.4, -0.2) is 22.3 Å². The second-order valence-corrected chi connectivity index (χ2v) is 9.45. The number of carbonyl (C=O) groups is 1. The van der Waals surface area contributed by atoms with Gasteiger partial charge in [-0.1, -0.05) is 135 Å². The van der Waals surface area contributed by atoms with Gasteiger partial charge in [0.15, 0.2) is 0 Å². The summed E-state index contributed by atoms with van der Waals surface area (Å²) in [5.41, 5.74) is 0. The Morgan fingerprint density at radius 1 is 0.533 bits per heavy atom. The normalized spacial score (nSPS) is 12.3. The molecule has 0 aliphatic carbocycles. The van der Waals surface area contributed by atoms with Crippen molar-refractivity contribution in [3.05, 3.63) is 0 Å². The Morgan fingerprint density at radius 2 is 0.833 bits per heavy atom. The van der Waals surface area contributed by atoms with Crippen LogP contribution in [0.2, 0.25) is 0 Å².